The van der Waals surface area contributed by atoms with E-state index < -0.39 is 0 Å². The average molecular weight is 363 g/mol. The molecule has 2 aromatic carbocycles. The van der Waals surface area contributed by atoms with Gasteiger partial charge in [-0.1, -0.05) is 23.2 Å². The number of benzene rings is 2. The summed E-state index contributed by atoms with van der Waals surface area (Å²) in [6.07, 6.45) is 2.96. The van der Waals surface area contributed by atoms with Crippen LogP contribution in [0.2, 0.25) is 10.0 Å². The van der Waals surface area contributed by atoms with Gasteiger partial charge in [-0.25, -0.2) is 0 Å². The molecule has 1 N–H and O–H groups in total. The monoisotopic (exact) mass is 362 g/mol. The third-order valence-corrected chi connectivity index (χ3v) is 3.76. The predicted octanol–water partition coefficient (Wildman–Crippen LogP) is 4.35. The minimum Gasteiger partial charge on any atom is -0.345 e. The highest BCUT2D eigenvalue weighted by Crippen LogP contribution is 2.21. The smallest absolute Gasteiger partial charge is 0.253 e. The molecule has 6 heteroatoms. The molecule has 0 spiro atoms. The zero-order valence-corrected chi connectivity index (χ0v) is 14.7. The third-order valence-electron chi connectivity index (χ3n) is 3.18. The molecule has 2 rings (SSSR count). The van der Waals surface area contributed by atoms with E-state index in [0.717, 1.165) is 0 Å². The molecule has 0 saturated heterocycles. The molecule has 124 valence electrons. The number of carbonyl (C=O) groups is 2. The lowest BCUT2D eigenvalue weighted by Crippen LogP contribution is -2.21. The van der Waals surface area contributed by atoms with Gasteiger partial charge < -0.3 is 10.2 Å². The van der Waals surface area contributed by atoms with Gasteiger partial charge >= 0.3 is 0 Å². The first kappa shape index (κ1) is 18.0. The van der Waals surface area contributed by atoms with Gasteiger partial charge in [-0.15, -0.1) is 0 Å². The Morgan fingerprint density at radius 3 is 2.33 bits per heavy atom. The molecule has 0 atom stereocenters. The Morgan fingerprint density at radius 1 is 1.04 bits per heavy atom. The van der Waals surface area contributed by atoms with E-state index in [9.17, 15) is 9.59 Å². The van der Waals surface area contributed by atoms with Crippen molar-refractivity contribution in [3.63, 3.8) is 0 Å². The summed E-state index contributed by atoms with van der Waals surface area (Å²) in [5.74, 6) is -0.402. The van der Waals surface area contributed by atoms with E-state index in [2.05, 4.69) is 5.32 Å². The number of hydrogen-bond acceptors (Lipinski definition) is 2. The van der Waals surface area contributed by atoms with Crippen LogP contribution in [-0.4, -0.2) is 30.8 Å². The molecule has 0 aliphatic heterocycles. The summed E-state index contributed by atoms with van der Waals surface area (Å²) < 4.78 is 0. The molecule has 2 aromatic rings. The molecule has 0 aliphatic rings. The SMILES string of the molecule is CN(C)C(=O)c1ccc(NC(=O)/C=C/c2cc(Cl)ccc2Cl)cc1. The second-order valence-corrected chi connectivity index (χ2v) is 6.11. The van der Waals surface area contributed by atoms with Crippen molar-refractivity contribution in [1.82, 2.24) is 4.90 Å². The molecule has 0 fully saturated rings. The van der Waals surface area contributed by atoms with Crippen LogP contribution in [0.1, 0.15) is 15.9 Å². The first-order chi connectivity index (χ1) is 11.4. The average Bonchev–Trinajstić information content (AvgIpc) is 2.55. The van der Waals surface area contributed by atoms with E-state index in [0.29, 0.717) is 26.9 Å². The number of nitrogens with one attached hydrogen (secondary N) is 1. The molecule has 0 aliphatic carbocycles. The molecule has 0 radical (unpaired) electrons. The number of rotatable bonds is 4. The highest BCUT2D eigenvalue weighted by Gasteiger charge is 2.07. The van der Waals surface area contributed by atoms with Gasteiger partial charge in [-0.3, -0.25) is 9.59 Å². The number of carbonyl (C=O) groups excluding carboxylic acids is 2. The topological polar surface area (TPSA) is 49.4 Å². The second kappa shape index (κ2) is 7.99. The van der Waals surface area contributed by atoms with Gasteiger partial charge in [0.1, 0.15) is 0 Å². The van der Waals surface area contributed by atoms with Crippen LogP contribution in [0.15, 0.2) is 48.5 Å². The van der Waals surface area contributed by atoms with Gasteiger partial charge in [0.2, 0.25) is 5.91 Å². The largest absolute Gasteiger partial charge is 0.345 e. The molecule has 24 heavy (non-hydrogen) atoms. The molecule has 0 bridgehead atoms. The van der Waals surface area contributed by atoms with E-state index in [1.54, 1.807) is 62.6 Å². The Hall–Kier alpha value is -2.30. The molecule has 0 saturated carbocycles. The number of amides is 2. The molecule has 0 heterocycles. The van der Waals surface area contributed by atoms with Crippen molar-refractivity contribution >= 4 is 46.8 Å². The van der Waals surface area contributed by atoms with Gasteiger partial charge in [0.05, 0.1) is 0 Å². The van der Waals surface area contributed by atoms with Crippen molar-refractivity contribution in [2.45, 2.75) is 0 Å². The number of anilines is 1. The summed E-state index contributed by atoms with van der Waals surface area (Å²) in [6.45, 7) is 0. The fraction of sp³-hybridized carbons (Fsp3) is 0.111. The van der Waals surface area contributed by atoms with Crippen molar-refractivity contribution in [2.75, 3.05) is 19.4 Å². The summed E-state index contributed by atoms with van der Waals surface area (Å²) >= 11 is 11.9. The standard InChI is InChI=1S/C18H16Cl2N2O2/c1-22(2)18(24)12-3-7-15(8-4-12)21-17(23)10-5-13-11-14(19)6-9-16(13)20/h3-11H,1-2H3,(H,21,23)/b10-5+. The van der Waals surface area contributed by atoms with Gasteiger partial charge in [0.15, 0.2) is 0 Å². The van der Waals surface area contributed by atoms with Gasteiger partial charge in [-0.05, 0) is 54.1 Å². The molecule has 2 amide bonds. The van der Waals surface area contributed by atoms with Crippen LogP contribution in [0.5, 0.6) is 0 Å². The fourth-order valence-electron chi connectivity index (χ4n) is 1.95. The zero-order valence-electron chi connectivity index (χ0n) is 13.2. The summed E-state index contributed by atoms with van der Waals surface area (Å²) in [6, 6.07) is 11.7. The Labute approximate surface area is 150 Å². The minimum absolute atomic E-state index is 0.0941. The Kier molecular flexibility index (Phi) is 6.01. The van der Waals surface area contributed by atoms with Crippen molar-refractivity contribution in [3.05, 3.63) is 69.7 Å². The maximum atomic E-state index is 12.0. The predicted molar refractivity (Wildman–Crippen MR) is 98.6 cm³/mol. The van der Waals surface area contributed by atoms with E-state index in [-0.39, 0.29) is 11.8 Å². The molecule has 4 nitrogen and oxygen atoms in total. The maximum absolute atomic E-state index is 12.0. The normalized spacial score (nSPS) is 10.7. The lowest BCUT2D eigenvalue weighted by atomic mass is 10.2. The van der Waals surface area contributed by atoms with Crippen molar-refractivity contribution in [3.8, 4) is 0 Å². The summed E-state index contributed by atoms with van der Waals surface area (Å²) in [4.78, 5) is 25.3. The highest BCUT2D eigenvalue weighted by molar-refractivity contribution is 6.34. The molecule has 0 aromatic heterocycles. The van der Waals surface area contributed by atoms with Crippen LogP contribution in [0.4, 0.5) is 5.69 Å². The number of hydrogen-bond donors (Lipinski definition) is 1. The summed E-state index contributed by atoms with van der Waals surface area (Å²) in [7, 11) is 3.37. The molecular weight excluding hydrogens is 347 g/mol. The lowest BCUT2D eigenvalue weighted by Gasteiger charge is -2.10. The lowest BCUT2D eigenvalue weighted by molar-refractivity contribution is -0.111. The molecule has 0 unspecified atom stereocenters. The van der Waals surface area contributed by atoms with Crippen LogP contribution in [-0.2, 0) is 4.79 Å². The quantitative estimate of drug-likeness (QED) is 0.822. The van der Waals surface area contributed by atoms with Crippen LogP contribution in [0, 0.1) is 0 Å². The van der Waals surface area contributed by atoms with Gasteiger partial charge in [0.25, 0.3) is 5.91 Å². The Bertz CT molecular complexity index is 784. The van der Waals surface area contributed by atoms with E-state index in [1.165, 1.54) is 11.0 Å². The number of halogens is 2. The maximum Gasteiger partial charge on any atom is 0.253 e. The van der Waals surface area contributed by atoms with Crippen LogP contribution in [0.25, 0.3) is 6.08 Å². The van der Waals surface area contributed by atoms with Crippen LogP contribution in [0.3, 0.4) is 0 Å². The fourth-order valence-corrected chi connectivity index (χ4v) is 2.31. The minimum atomic E-state index is -0.308. The van der Waals surface area contributed by atoms with Crippen LogP contribution < -0.4 is 5.32 Å². The zero-order chi connectivity index (χ0) is 17.7. The van der Waals surface area contributed by atoms with Crippen molar-refractivity contribution in [2.24, 2.45) is 0 Å². The van der Waals surface area contributed by atoms with Crippen molar-refractivity contribution in [1.29, 1.82) is 0 Å². The highest BCUT2D eigenvalue weighted by atomic mass is 35.5. The first-order valence-corrected chi connectivity index (χ1v) is 7.88. The Morgan fingerprint density at radius 2 is 1.71 bits per heavy atom. The van der Waals surface area contributed by atoms with Gasteiger partial charge in [-0.2, -0.15) is 0 Å². The Balaban J connectivity index is 2.03. The third kappa shape index (κ3) is 4.85. The van der Waals surface area contributed by atoms with E-state index >= 15 is 0 Å². The number of nitrogens with zero attached hydrogens (tertiary/aromatic N) is 1. The molecular formula is C18H16Cl2N2O2. The van der Waals surface area contributed by atoms with Crippen molar-refractivity contribution < 1.29 is 9.59 Å². The van der Waals surface area contributed by atoms with E-state index in [1.807, 2.05) is 0 Å². The van der Waals surface area contributed by atoms with Gasteiger partial charge in [0, 0.05) is 41.5 Å². The second-order valence-electron chi connectivity index (χ2n) is 5.27. The first-order valence-electron chi connectivity index (χ1n) is 7.12. The summed E-state index contributed by atoms with van der Waals surface area (Å²) in [5.41, 5.74) is 1.81. The van der Waals surface area contributed by atoms with Crippen LogP contribution >= 0.6 is 23.2 Å². The summed E-state index contributed by atoms with van der Waals surface area (Å²) in [5, 5.41) is 3.77. The van der Waals surface area contributed by atoms with E-state index in [4.69, 9.17) is 23.2 Å².